The number of nitrogens with two attached hydrogens (primary N) is 3. The smallest absolute Gasteiger partial charge is 0.126 e. The second-order valence-electron chi connectivity index (χ2n) is 1.61. The van der Waals surface area contributed by atoms with Gasteiger partial charge in [-0.2, -0.15) is 0 Å². The summed E-state index contributed by atoms with van der Waals surface area (Å²) in [5.74, 6) is 0. The lowest BCUT2D eigenvalue weighted by atomic mass is 11.5. The average molecular weight is 137 g/mol. The molecule has 0 aromatic rings. The maximum absolute atomic E-state index is 10.9. The van der Waals surface area contributed by atoms with Crippen molar-refractivity contribution in [3.05, 3.63) is 0 Å². The molecule has 0 spiro atoms. The molecule has 0 radical (unpaired) electrons. The zero-order chi connectivity index (χ0) is 6.62. The molecule has 0 amide bonds. The first-order valence-electron chi connectivity index (χ1n) is 2.36. The fourth-order valence-electron chi connectivity index (χ4n) is 0.224. The van der Waals surface area contributed by atoms with E-state index in [2.05, 4.69) is 0 Å². The molecular weight excluding hydrogens is 125 g/mol. The van der Waals surface area contributed by atoms with E-state index in [1.54, 1.807) is 0 Å². The van der Waals surface area contributed by atoms with E-state index in [0.29, 0.717) is 0 Å². The van der Waals surface area contributed by atoms with Crippen molar-refractivity contribution >= 4 is 7.14 Å². The molecule has 0 aromatic heterocycles. The Bertz CT molecular complexity index is 85.7. The van der Waals surface area contributed by atoms with E-state index in [-0.39, 0.29) is 18.9 Å². The van der Waals surface area contributed by atoms with Crippen LogP contribution in [0.1, 0.15) is 0 Å². The van der Waals surface area contributed by atoms with Crippen molar-refractivity contribution in [2.24, 2.45) is 17.2 Å². The Labute approximate surface area is 48.8 Å². The van der Waals surface area contributed by atoms with Crippen LogP contribution in [0.5, 0.6) is 0 Å². The van der Waals surface area contributed by atoms with Crippen molar-refractivity contribution in [1.29, 1.82) is 0 Å². The van der Waals surface area contributed by atoms with Crippen LogP contribution in [0.25, 0.3) is 0 Å². The van der Waals surface area contributed by atoms with Crippen molar-refractivity contribution in [1.82, 2.24) is 0 Å². The Kier molecular flexibility index (Phi) is 3.24. The van der Waals surface area contributed by atoms with Crippen LogP contribution in [0.2, 0.25) is 0 Å². The number of rotatable bonds is 3. The van der Waals surface area contributed by atoms with Gasteiger partial charge in [0.2, 0.25) is 0 Å². The van der Waals surface area contributed by atoms with Crippen molar-refractivity contribution in [2.45, 2.75) is 0 Å². The number of hydrogen-bond acceptors (Lipinski definition) is 4. The van der Waals surface area contributed by atoms with Crippen molar-refractivity contribution in [3.8, 4) is 0 Å². The third-order valence-corrected chi connectivity index (χ3v) is 2.99. The summed E-state index contributed by atoms with van der Waals surface area (Å²) in [6.45, 7) is 0. The SMILES string of the molecule is NCP(=O)(CN)CN. The Hall–Kier alpha value is 0.110. The summed E-state index contributed by atoms with van der Waals surface area (Å²) in [7, 11) is -2.33. The molecule has 0 aliphatic heterocycles. The molecule has 4 nitrogen and oxygen atoms in total. The molecule has 0 saturated carbocycles. The Morgan fingerprint density at radius 3 is 1.25 bits per heavy atom. The van der Waals surface area contributed by atoms with E-state index < -0.39 is 7.14 Å². The molecule has 0 fully saturated rings. The molecule has 5 heteroatoms. The van der Waals surface area contributed by atoms with E-state index in [9.17, 15) is 4.57 Å². The van der Waals surface area contributed by atoms with Crippen molar-refractivity contribution < 1.29 is 4.57 Å². The van der Waals surface area contributed by atoms with E-state index in [1.807, 2.05) is 0 Å². The summed E-state index contributed by atoms with van der Waals surface area (Å²) >= 11 is 0. The van der Waals surface area contributed by atoms with Gasteiger partial charge in [-0.05, 0) is 0 Å². The summed E-state index contributed by atoms with van der Waals surface area (Å²) < 4.78 is 10.9. The predicted molar refractivity (Wildman–Crippen MR) is 34.8 cm³/mol. The van der Waals surface area contributed by atoms with E-state index in [1.165, 1.54) is 0 Å². The van der Waals surface area contributed by atoms with Crippen LogP contribution in [-0.4, -0.2) is 18.9 Å². The summed E-state index contributed by atoms with van der Waals surface area (Å²) in [5, 5.41) is 0. The minimum atomic E-state index is -2.33. The molecule has 0 saturated heterocycles. The topological polar surface area (TPSA) is 95.1 Å². The molecule has 50 valence electrons. The van der Waals surface area contributed by atoms with Crippen molar-refractivity contribution in [2.75, 3.05) is 18.9 Å². The Balaban J connectivity index is 3.79. The van der Waals surface area contributed by atoms with Crippen LogP contribution in [0.4, 0.5) is 0 Å². The largest absolute Gasteiger partial charge is 0.324 e. The Morgan fingerprint density at radius 1 is 1.00 bits per heavy atom. The van der Waals surface area contributed by atoms with Gasteiger partial charge in [0.1, 0.15) is 7.14 Å². The van der Waals surface area contributed by atoms with Gasteiger partial charge in [0.15, 0.2) is 0 Å². The lowest BCUT2D eigenvalue weighted by molar-refractivity contribution is 0.575. The summed E-state index contributed by atoms with van der Waals surface area (Å²) in [4.78, 5) is 0. The molecule has 0 heterocycles. The third-order valence-electron chi connectivity index (χ3n) is 0.998. The fraction of sp³-hybridized carbons (Fsp3) is 1.00. The van der Waals surface area contributed by atoms with Crippen LogP contribution in [-0.2, 0) is 4.57 Å². The molecule has 6 N–H and O–H groups in total. The highest BCUT2D eigenvalue weighted by atomic mass is 31.2. The Morgan fingerprint density at radius 2 is 1.25 bits per heavy atom. The van der Waals surface area contributed by atoms with Crippen LogP contribution < -0.4 is 17.2 Å². The molecule has 0 atom stereocenters. The number of hydrogen-bond donors (Lipinski definition) is 3. The summed E-state index contributed by atoms with van der Waals surface area (Å²) in [6, 6.07) is 0. The minimum absolute atomic E-state index is 0.125. The van der Waals surface area contributed by atoms with Crippen LogP contribution in [0, 0.1) is 0 Å². The van der Waals surface area contributed by atoms with Crippen LogP contribution >= 0.6 is 7.14 Å². The maximum atomic E-state index is 10.9. The second-order valence-corrected chi connectivity index (χ2v) is 4.82. The normalized spacial score (nSPS) is 11.9. The zero-order valence-corrected chi connectivity index (χ0v) is 5.60. The quantitative estimate of drug-likeness (QED) is 0.439. The van der Waals surface area contributed by atoms with E-state index >= 15 is 0 Å². The van der Waals surface area contributed by atoms with Gasteiger partial charge in [0, 0.05) is 18.9 Å². The fourth-order valence-corrected chi connectivity index (χ4v) is 0.671. The molecule has 0 aliphatic rings. The van der Waals surface area contributed by atoms with Gasteiger partial charge in [-0.1, -0.05) is 0 Å². The van der Waals surface area contributed by atoms with Crippen LogP contribution in [0.15, 0.2) is 0 Å². The zero-order valence-electron chi connectivity index (χ0n) is 4.71. The van der Waals surface area contributed by atoms with Crippen molar-refractivity contribution in [3.63, 3.8) is 0 Å². The first kappa shape index (κ1) is 8.11. The lowest BCUT2D eigenvalue weighted by Gasteiger charge is -2.08. The van der Waals surface area contributed by atoms with Gasteiger partial charge in [-0.15, -0.1) is 0 Å². The van der Waals surface area contributed by atoms with Gasteiger partial charge in [-0.3, -0.25) is 0 Å². The van der Waals surface area contributed by atoms with Gasteiger partial charge in [0.05, 0.1) is 0 Å². The van der Waals surface area contributed by atoms with Gasteiger partial charge >= 0.3 is 0 Å². The third kappa shape index (κ3) is 1.92. The first-order chi connectivity index (χ1) is 3.68. The second kappa shape index (κ2) is 3.20. The predicted octanol–water partition coefficient (Wildman–Crippen LogP) is -0.902. The first-order valence-corrected chi connectivity index (χ1v) is 4.62. The molecule has 0 rings (SSSR count). The van der Waals surface area contributed by atoms with Gasteiger partial charge < -0.3 is 21.8 Å². The molecular formula is C3H12N3OP. The molecule has 0 unspecified atom stereocenters. The summed E-state index contributed by atoms with van der Waals surface area (Å²) in [5.41, 5.74) is 15.3. The minimum Gasteiger partial charge on any atom is -0.324 e. The highest BCUT2D eigenvalue weighted by Gasteiger charge is 2.13. The lowest BCUT2D eigenvalue weighted by Crippen LogP contribution is -2.16. The standard InChI is InChI=1S/C3H12N3OP/c4-1-8(7,2-5)3-6/h1-6H2. The summed E-state index contributed by atoms with van der Waals surface area (Å²) in [6.07, 6.45) is 0.375. The molecule has 0 aliphatic carbocycles. The highest BCUT2D eigenvalue weighted by Crippen LogP contribution is 2.38. The van der Waals surface area contributed by atoms with E-state index in [0.717, 1.165) is 0 Å². The maximum Gasteiger partial charge on any atom is 0.126 e. The molecule has 8 heavy (non-hydrogen) atoms. The van der Waals surface area contributed by atoms with Gasteiger partial charge in [0.25, 0.3) is 0 Å². The van der Waals surface area contributed by atoms with Crippen LogP contribution in [0.3, 0.4) is 0 Å². The highest BCUT2D eigenvalue weighted by molar-refractivity contribution is 7.63. The van der Waals surface area contributed by atoms with Gasteiger partial charge in [-0.25, -0.2) is 0 Å². The molecule has 0 aromatic carbocycles. The average Bonchev–Trinajstić information content (AvgIpc) is 1.87. The monoisotopic (exact) mass is 137 g/mol. The molecule has 0 bridgehead atoms. The van der Waals surface area contributed by atoms with E-state index in [4.69, 9.17) is 17.2 Å².